The van der Waals surface area contributed by atoms with E-state index in [0.29, 0.717) is 71.8 Å². The SMILES string of the molecule is COc1c(CN2CCN(C(=O)OC(C)(C)C)CC2)c(C(C)N2C(=O)c3ccccc3C2=O)nc2ccc(F)cc12. The van der Waals surface area contributed by atoms with Gasteiger partial charge in [0.05, 0.1) is 35.5 Å². The lowest BCUT2D eigenvalue weighted by Crippen LogP contribution is -2.49. The zero-order chi connectivity index (χ0) is 28.8. The number of hydrogen-bond acceptors (Lipinski definition) is 7. The van der Waals surface area contributed by atoms with Gasteiger partial charge >= 0.3 is 6.09 Å². The third kappa shape index (κ3) is 5.11. The normalized spacial score (nSPS) is 16.9. The Bertz CT molecular complexity index is 1460. The van der Waals surface area contributed by atoms with Gasteiger partial charge in [-0.2, -0.15) is 0 Å². The number of piperazine rings is 1. The Morgan fingerprint density at radius 1 is 1.02 bits per heavy atom. The van der Waals surface area contributed by atoms with Crippen molar-refractivity contribution in [2.24, 2.45) is 0 Å². The molecule has 5 rings (SSSR count). The zero-order valence-electron chi connectivity index (χ0n) is 23.4. The molecule has 3 aromatic rings. The van der Waals surface area contributed by atoms with E-state index >= 15 is 0 Å². The molecule has 10 heteroatoms. The first-order valence-electron chi connectivity index (χ1n) is 13.3. The number of methoxy groups -OCH3 is 1. The Morgan fingerprint density at radius 3 is 2.23 bits per heavy atom. The summed E-state index contributed by atoms with van der Waals surface area (Å²) in [6.45, 7) is 9.69. The number of amides is 3. The number of ether oxygens (including phenoxy) is 2. The molecule has 1 saturated heterocycles. The van der Waals surface area contributed by atoms with Gasteiger partial charge in [0.2, 0.25) is 0 Å². The van der Waals surface area contributed by atoms with Gasteiger partial charge in [-0.25, -0.2) is 14.2 Å². The Labute approximate surface area is 232 Å². The van der Waals surface area contributed by atoms with Gasteiger partial charge < -0.3 is 14.4 Å². The number of fused-ring (bicyclic) bond motifs is 2. The number of benzene rings is 2. The highest BCUT2D eigenvalue weighted by atomic mass is 19.1. The van der Waals surface area contributed by atoms with Gasteiger partial charge in [0, 0.05) is 43.7 Å². The minimum atomic E-state index is -0.714. The van der Waals surface area contributed by atoms with Crippen LogP contribution >= 0.6 is 0 Å². The monoisotopic (exact) mass is 548 g/mol. The maximum atomic E-state index is 14.3. The van der Waals surface area contributed by atoms with E-state index in [2.05, 4.69) is 4.90 Å². The number of nitrogens with zero attached hydrogens (tertiary/aromatic N) is 4. The molecule has 40 heavy (non-hydrogen) atoms. The Hall–Kier alpha value is -4.05. The number of rotatable bonds is 5. The molecule has 2 aliphatic heterocycles. The van der Waals surface area contributed by atoms with Gasteiger partial charge in [-0.15, -0.1) is 0 Å². The van der Waals surface area contributed by atoms with E-state index in [0.717, 1.165) is 0 Å². The molecule has 0 bridgehead atoms. The largest absolute Gasteiger partial charge is 0.496 e. The van der Waals surface area contributed by atoms with E-state index in [1.165, 1.54) is 24.1 Å². The summed E-state index contributed by atoms with van der Waals surface area (Å²) in [7, 11) is 1.51. The molecule has 3 amide bonds. The second-order valence-electron chi connectivity index (χ2n) is 11.1. The maximum Gasteiger partial charge on any atom is 0.410 e. The summed E-state index contributed by atoms with van der Waals surface area (Å²) in [6.07, 6.45) is -0.354. The van der Waals surface area contributed by atoms with Crippen LogP contribution in [-0.4, -0.2) is 76.5 Å². The number of aromatic nitrogens is 1. The lowest BCUT2D eigenvalue weighted by molar-refractivity contribution is 0.0138. The third-order valence-corrected chi connectivity index (χ3v) is 7.25. The van der Waals surface area contributed by atoms with Crippen LogP contribution in [0.1, 0.15) is 65.7 Å². The van der Waals surface area contributed by atoms with Crippen molar-refractivity contribution in [2.75, 3.05) is 33.3 Å². The molecular weight excluding hydrogens is 515 g/mol. The standard InChI is InChI=1S/C30H33FN4O5/c1-18(35-27(36)20-8-6-7-9-21(20)28(35)37)25-23(26(39-5)22-16-19(31)10-11-24(22)32-25)17-33-12-14-34(15-13-33)29(38)40-30(2,3)4/h6-11,16,18H,12-15,17H2,1-5H3. The lowest BCUT2D eigenvalue weighted by atomic mass is 10.0. The van der Waals surface area contributed by atoms with E-state index in [1.807, 2.05) is 20.8 Å². The first-order chi connectivity index (χ1) is 19.0. The summed E-state index contributed by atoms with van der Waals surface area (Å²) in [5.41, 5.74) is 1.79. The molecule has 9 nitrogen and oxygen atoms in total. The molecule has 0 saturated carbocycles. The molecule has 3 heterocycles. The Balaban J connectivity index is 1.49. The van der Waals surface area contributed by atoms with Gasteiger partial charge in [0.25, 0.3) is 11.8 Å². The van der Waals surface area contributed by atoms with Crippen LogP contribution < -0.4 is 4.74 Å². The van der Waals surface area contributed by atoms with Crippen molar-refractivity contribution in [3.05, 3.63) is 70.7 Å². The highest BCUT2D eigenvalue weighted by Gasteiger charge is 2.40. The fraction of sp³-hybridized carbons (Fsp3) is 0.400. The molecule has 1 atom stereocenters. The topological polar surface area (TPSA) is 92.3 Å². The van der Waals surface area contributed by atoms with Gasteiger partial charge in [-0.3, -0.25) is 19.4 Å². The first kappa shape index (κ1) is 27.5. The molecule has 0 radical (unpaired) electrons. The summed E-state index contributed by atoms with van der Waals surface area (Å²) in [5, 5.41) is 0.503. The average molecular weight is 549 g/mol. The Morgan fingerprint density at radius 2 is 1.65 bits per heavy atom. The van der Waals surface area contributed by atoms with Crippen molar-refractivity contribution in [3.8, 4) is 5.75 Å². The molecule has 2 aliphatic rings. The molecule has 1 fully saturated rings. The highest BCUT2D eigenvalue weighted by Crippen LogP contribution is 2.39. The number of imide groups is 1. The van der Waals surface area contributed by atoms with E-state index in [-0.39, 0.29) is 17.9 Å². The van der Waals surface area contributed by atoms with E-state index in [9.17, 15) is 18.8 Å². The molecule has 2 aromatic carbocycles. The molecule has 0 spiro atoms. The van der Waals surface area contributed by atoms with Crippen molar-refractivity contribution in [3.63, 3.8) is 0 Å². The van der Waals surface area contributed by atoms with Crippen LogP contribution in [0.15, 0.2) is 42.5 Å². The van der Waals surface area contributed by atoms with Crippen LogP contribution in [0, 0.1) is 5.82 Å². The molecular formula is C30H33FN4O5. The van der Waals surface area contributed by atoms with Crippen LogP contribution in [-0.2, 0) is 11.3 Å². The Kier molecular flexibility index (Phi) is 7.22. The van der Waals surface area contributed by atoms with Crippen LogP contribution in [0.4, 0.5) is 9.18 Å². The minimum Gasteiger partial charge on any atom is -0.496 e. The minimum absolute atomic E-state index is 0.354. The van der Waals surface area contributed by atoms with Crippen LogP contribution in [0.5, 0.6) is 5.75 Å². The van der Waals surface area contributed by atoms with Gasteiger partial charge in [0.1, 0.15) is 17.2 Å². The smallest absolute Gasteiger partial charge is 0.410 e. The molecule has 0 aliphatic carbocycles. The second-order valence-corrected chi connectivity index (χ2v) is 11.1. The second kappa shape index (κ2) is 10.5. The first-order valence-corrected chi connectivity index (χ1v) is 13.3. The van der Waals surface area contributed by atoms with E-state index in [4.69, 9.17) is 14.5 Å². The zero-order valence-corrected chi connectivity index (χ0v) is 23.4. The van der Waals surface area contributed by atoms with E-state index < -0.39 is 17.5 Å². The summed E-state index contributed by atoms with van der Waals surface area (Å²) >= 11 is 0. The van der Waals surface area contributed by atoms with Crippen molar-refractivity contribution >= 4 is 28.8 Å². The lowest BCUT2D eigenvalue weighted by Gasteiger charge is -2.36. The fourth-order valence-corrected chi connectivity index (χ4v) is 5.32. The number of halogens is 1. The molecule has 1 aromatic heterocycles. The van der Waals surface area contributed by atoms with Crippen molar-refractivity contribution in [2.45, 2.75) is 45.9 Å². The van der Waals surface area contributed by atoms with Crippen molar-refractivity contribution in [1.29, 1.82) is 0 Å². The highest BCUT2D eigenvalue weighted by molar-refractivity contribution is 6.21. The summed E-state index contributed by atoms with van der Waals surface area (Å²) in [6, 6.07) is 10.3. The van der Waals surface area contributed by atoms with E-state index in [1.54, 1.807) is 42.2 Å². The average Bonchev–Trinajstić information content (AvgIpc) is 3.17. The maximum absolute atomic E-state index is 14.3. The predicted octanol–water partition coefficient (Wildman–Crippen LogP) is 4.79. The van der Waals surface area contributed by atoms with Gasteiger partial charge in [-0.05, 0) is 58.0 Å². The number of carbonyl (C=O) groups is 3. The van der Waals surface area contributed by atoms with Crippen LogP contribution in [0.2, 0.25) is 0 Å². The third-order valence-electron chi connectivity index (χ3n) is 7.25. The van der Waals surface area contributed by atoms with Crippen LogP contribution in [0.3, 0.4) is 0 Å². The van der Waals surface area contributed by atoms with Crippen molar-refractivity contribution < 1.29 is 28.2 Å². The molecule has 1 unspecified atom stereocenters. The fourth-order valence-electron chi connectivity index (χ4n) is 5.32. The van der Waals surface area contributed by atoms with Crippen molar-refractivity contribution in [1.82, 2.24) is 19.7 Å². The predicted molar refractivity (Wildman–Crippen MR) is 147 cm³/mol. The summed E-state index contributed by atoms with van der Waals surface area (Å²) in [5.74, 6) is -0.752. The molecule has 0 N–H and O–H groups in total. The summed E-state index contributed by atoms with van der Waals surface area (Å²) < 4.78 is 25.6. The number of carbonyl (C=O) groups excluding carboxylic acids is 3. The van der Waals surface area contributed by atoms with Gasteiger partial charge in [-0.1, -0.05) is 12.1 Å². The quantitative estimate of drug-likeness (QED) is 0.423. The van der Waals surface area contributed by atoms with Crippen LogP contribution in [0.25, 0.3) is 10.9 Å². The summed E-state index contributed by atoms with van der Waals surface area (Å²) in [4.78, 5) is 49.1. The van der Waals surface area contributed by atoms with Gasteiger partial charge in [0.15, 0.2) is 0 Å². The number of pyridine rings is 1. The number of hydrogen-bond donors (Lipinski definition) is 0. The molecule has 210 valence electrons.